The Kier molecular flexibility index (Phi) is 6.41. The van der Waals surface area contributed by atoms with Crippen molar-refractivity contribution in [3.8, 4) is 5.69 Å². The van der Waals surface area contributed by atoms with Crippen LogP contribution in [0.15, 0.2) is 73.3 Å². The number of anilines is 2. The first kappa shape index (κ1) is 24.3. The van der Waals surface area contributed by atoms with E-state index in [0.717, 1.165) is 22.6 Å². The van der Waals surface area contributed by atoms with Crippen LogP contribution in [-0.4, -0.2) is 36.7 Å². The summed E-state index contributed by atoms with van der Waals surface area (Å²) in [5.41, 5.74) is 4.11. The fraction of sp³-hybridized carbons (Fsp3) is 0.333. The highest BCUT2D eigenvalue weighted by molar-refractivity contribution is 5.89. The Morgan fingerprint density at radius 3 is 2.61 bits per heavy atom. The smallest absolute Gasteiger partial charge is 0.338 e. The zero-order valence-corrected chi connectivity index (χ0v) is 21.4. The predicted octanol–water partition coefficient (Wildman–Crippen LogP) is 5.58. The monoisotopic (exact) mass is 509 g/mol. The molecular formula is C30H31N5O3. The van der Waals surface area contributed by atoms with Gasteiger partial charge in [-0.05, 0) is 87.4 Å². The van der Waals surface area contributed by atoms with E-state index in [2.05, 4.69) is 32.4 Å². The fourth-order valence-corrected chi connectivity index (χ4v) is 5.09. The molecule has 2 fully saturated rings. The molecule has 0 aliphatic heterocycles. The van der Waals surface area contributed by atoms with Crippen molar-refractivity contribution in [1.29, 1.82) is 0 Å². The minimum Gasteiger partial charge on any atom is -0.459 e. The summed E-state index contributed by atoms with van der Waals surface area (Å²) in [5.74, 6) is 0.836. The van der Waals surface area contributed by atoms with E-state index in [-0.39, 0.29) is 12.1 Å². The average Bonchev–Trinajstić information content (AvgIpc) is 3.66. The minimum atomic E-state index is -1.05. The quantitative estimate of drug-likeness (QED) is 0.314. The molecule has 2 saturated carbocycles. The predicted molar refractivity (Wildman–Crippen MR) is 144 cm³/mol. The molecule has 2 heterocycles. The SMILES string of the molecule is Cc1cc(Nc2nccc(C3CC3)n2)cc(-n2cnc(C3(O)CCC(OC(=O)c4ccccc4)CC3)c2)c1. The number of imidazole rings is 1. The number of benzene rings is 2. The van der Waals surface area contributed by atoms with E-state index in [1.165, 1.54) is 12.8 Å². The van der Waals surface area contributed by atoms with Crippen LogP contribution >= 0.6 is 0 Å². The van der Waals surface area contributed by atoms with Crippen LogP contribution < -0.4 is 5.32 Å². The molecule has 0 spiro atoms. The largest absolute Gasteiger partial charge is 0.459 e. The molecule has 6 rings (SSSR count). The summed E-state index contributed by atoms with van der Waals surface area (Å²) in [6.07, 6.45) is 9.73. The number of carbonyl (C=O) groups excluding carboxylic acids is 1. The highest BCUT2D eigenvalue weighted by Gasteiger charge is 2.38. The van der Waals surface area contributed by atoms with Gasteiger partial charge >= 0.3 is 5.97 Å². The van der Waals surface area contributed by atoms with Crippen LogP contribution in [-0.2, 0) is 10.3 Å². The second kappa shape index (κ2) is 10.0. The van der Waals surface area contributed by atoms with Crippen molar-refractivity contribution in [3.63, 3.8) is 0 Å². The Bertz CT molecular complexity index is 1440. The Labute approximate surface area is 221 Å². The molecule has 2 N–H and O–H groups in total. The van der Waals surface area contributed by atoms with Crippen LogP contribution in [0.1, 0.15) is 71.8 Å². The Hall–Kier alpha value is -4.04. The van der Waals surface area contributed by atoms with Gasteiger partial charge in [0.2, 0.25) is 5.95 Å². The van der Waals surface area contributed by atoms with Gasteiger partial charge in [-0.15, -0.1) is 0 Å². The zero-order valence-electron chi connectivity index (χ0n) is 21.4. The first-order chi connectivity index (χ1) is 18.4. The summed E-state index contributed by atoms with van der Waals surface area (Å²) in [7, 11) is 0. The van der Waals surface area contributed by atoms with Gasteiger partial charge in [-0.25, -0.2) is 19.7 Å². The van der Waals surface area contributed by atoms with Crippen molar-refractivity contribution < 1.29 is 14.6 Å². The highest BCUT2D eigenvalue weighted by Crippen LogP contribution is 2.39. The van der Waals surface area contributed by atoms with Crippen LogP contribution in [0.25, 0.3) is 5.69 Å². The summed E-state index contributed by atoms with van der Waals surface area (Å²) < 4.78 is 7.61. The molecule has 38 heavy (non-hydrogen) atoms. The van der Waals surface area contributed by atoms with Crippen molar-refractivity contribution in [1.82, 2.24) is 19.5 Å². The molecule has 0 bridgehead atoms. The number of ether oxygens (including phenoxy) is 1. The molecule has 2 aromatic carbocycles. The summed E-state index contributed by atoms with van der Waals surface area (Å²) in [6.45, 7) is 2.04. The molecule has 2 aliphatic rings. The third-order valence-corrected chi connectivity index (χ3v) is 7.39. The van der Waals surface area contributed by atoms with Crippen LogP contribution in [0.4, 0.5) is 11.6 Å². The molecule has 8 heteroatoms. The van der Waals surface area contributed by atoms with Crippen molar-refractivity contribution in [2.24, 2.45) is 0 Å². The first-order valence-electron chi connectivity index (χ1n) is 13.2. The molecule has 2 aliphatic carbocycles. The fourth-order valence-electron chi connectivity index (χ4n) is 5.09. The Balaban J connectivity index is 1.13. The molecular weight excluding hydrogens is 478 g/mol. The summed E-state index contributed by atoms with van der Waals surface area (Å²) >= 11 is 0. The van der Waals surface area contributed by atoms with Gasteiger partial charge in [0.25, 0.3) is 0 Å². The lowest BCUT2D eigenvalue weighted by Crippen LogP contribution is -2.35. The summed E-state index contributed by atoms with van der Waals surface area (Å²) in [4.78, 5) is 26.0. The molecule has 0 unspecified atom stereocenters. The maximum absolute atomic E-state index is 12.4. The standard InChI is InChI=1S/C30H31N5O3/c1-20-15-23(33-29-31-14-11-26(34-29)21-7-8-21)17-24(16-20)35-18-27(32-19-35)30(37)12-9-25(10-13-30)38-28(36)22-5-3-2-4-6-22/h2-6,11,14-19,21,25,37H,7-10,12-13H2,1H3,(H,31,33,34). The molecule has 0 amide bonds. The minimum absolute atomic E-state index is 0.212. The summed E-state index contributed by atoms with van der Waals surface area (Å²) in [6, 6.07) is 17.1. The molecule has 194 valence electrons. The van der Waals surface area contributed by atoms with E-state index in [4.69, 9.17) is 4.74 Å². The number of hydrogen-bond donors (Lipinski definition) is 2. The van der Waals surface area contributed by atoms with Crippen LogP contribution in [0.5, 0.6) is 0 Å². The first-order valence-corrected chi connectivity index (χ1v) is 13.2. The maximum Gasteiger partial charge on any atom is 0.338 e. The lowest BCUT2D eigenvalue weighted by molar-refractivity contribution is -0.0485. The molecule has 2 aromatic heterocycles. The van der Waals surface area contributed by atoms with Crippen LogP contribution in [0, 0.1) is 6.92 Å². The third kappa shape index (κ3) is 5.31. The van der Waals surface area contributed by atoms with Crippen molar-refractivity contribution >= 4 is 17.6 Å². The van der Waals surface area contributed by atoms with Gasteiger partial charge in [0.05, 0.1) is 17.6 Å². The number of esters is 1. The third-order valence-electron chi connectivity index (χ3n) is 7.39. The van der Waals surface area contributed by atoms with Crippen LogP contribution in [0.3, 0.4) is 0 Å². The van der Waals surface area contributed by atoms with Crippen molar-refractivity contribution in [2.45, 2.75) is 63.1 Å². The second-order valence-electron chi connectivity index (χ2n) is 10.4. The van der Waals surface area contributed by atoms with Gasteiger partial charge in [-0.3, -0.25) is 0 Å². The normalized spacial score (nSPS) is 21.2. The number of carbonyl (C=O) groups is 1. The van der Waals surface area contributed by atoms with Crippen LogP contribution in [0.2, 0.25) is 0 Å². The van der Waals surface area contributed by atoms with Gasteiger partial charge in [0.15, 0.2) is 0 Å². The number of nitrogens with one attached hydrogen (secondary N) is 1. The molecule has 8 nitrogen and oxygen atoms in total. The van der Waals surface area contributed by atoms with E-state index in [1.807, 2.05) is 48.0 Å². The topological polar surface area (TPSA) is 102 Å². The molecule has 0 radical (unpaired) electrons. The van der Waals surface area contributed by atoms with E-state index >= 15 is 0 Å². The van der Waals surface area contributed by atoms with E-state index in [9.17, 15) is 9.90 Å². The molecule has 0 atom stereocenters. The molecule has 4 aromatic rings. The number of nitrogens with zero attached hydrogens (tertiary/aromatic N) is 4. The number of aliphatic hydroxyl groups is 1. The summed E-state index contributed by atoms with van der Waals surface area (Å²) in [5, 5.41) is 14.7. The van der Waals surface area contributed by atoms with Gasteiger partial charge in [-0.2, -0.15) is 0 Å². The van der Waals surface area contributed by atoms with E-state index in [1.54, 1.807) is 24.7 Å². The van der Waals surface area contributed by atoms with E-state index in [0.29, 0.717) is 48.8 Å². The van der Waals surface area contributed by atoms with Gasteiger partial charge in [0.1, 0.15) is 11.7 Å². The lowest BCUT2D eigenvalue weighted by atomic mass is 9.81. The van der Waals surface area contributed by atoms with E-state index < -0.39 is 5.60 Å². The Morgan fingerprint density at radius 2 is 1.84 bits per heavy atom. The van der Waals surface area contributed by atoms with Gasteiger partial charge < -0.3 is 19.7 Å². The number of rotatable bonds is 7. The number of aryl methyl sites for hydroxylation is 1. The lowest BCUT2D eigenvalue weighted by Gasteiger charge is -2.34. The van der Waals surface area contributed by atoms with Crippen molar-refractivity contribution in [2.75, 3.05) is 5.32 Å². The Morgan fingerprint density at radius 1 is 1.05 bits per heavy atom. The highest BCUT2D eigenvalue weighted by atomic mass is 16.5. The van der Waals surface area contributed by atoms with Crippen molar-refractivity contribution in [3.05, 3.63) is 95.8 Å². The van der Waals surface area contributed by atoms with Gasteiger partial charge in [0, 0.05) is 35.4 Å². The molecule has 0 saturated heterocycles. The average molecular weight is 510 g/mol. The number of hydrogen-bond acceptors (Lipinski definition) is 7. The maximum atomic E-state index is 12.4. The van der Waals surface area contributed by atoms with Gasteiger partial charge in [-0.1, -0.05) is 18.2 Å². The number of aromatic nitrogens is 4. The zero-order chi connectivity index (χ0) is 26.1. The second-order valence-corrected chi connectivity index (χ2v) is 10.4.